The molecular formula is C23H24ClN5O. The normalized spacial score (nSPS) is 11.5. The van der Waals surface area contributed by atoms with Crippen molar-refractivity contribution in [2.75, 3.05) is 6.54 Å². The number of aromatic amines is 1. The second-order valence-electron chi connectivity index (χ2n) is 7.33. The summed E-state index contributed by atoms with van der Waals surface area (Å²) in [7, 11) is 0. The summed E-state index contributed by atoms with van der Waals surface area (Å²) in [4.78, 5) is 22.1. The number of nitrogens with zero attached hydrogens (tertiary/aromatic N) is 4. The van der Waals surface area contributed by atoms with Crippen molar-refractivity contribution in [3.63, 3.8) is 0 Å². The highest BCUT2D eigenvalue weighted by molar-refractivity contribution is 6.30. The summed E-state index contributed by atoms with van der Waals surface area (Å²) in [5.74, 6) is 0.644. The zero-order valence-electron chi connectivity index (χ0n) is 17.1. The van der Waals surface area contributed by atoms with Crippen LogP contribution in [-0.2, 0) is 19.6 Å². The van der Waals surface area contributed by atoms with Gasteiger partial charge in [-0.25, -0.2) is 9.67 Å². The zero-order chi connectivity index (χ0) is 21.1. The fourth-order valence-corrected chi connectivity index (χ4v) is 3.85. The number of aryl methyl sites for hydroxylation is 1. The molecule has 0 saturated carbocycles. The molecule has 0 amide bonds. The lowest BCUT2D eigenvalue weighted by Gasteiger charge is -2.20. The minimum Gasteiger partial charge on any atom is -0.309 e. The van der Waals surface area contributed by atoms with E-state index in [-0.39, 0.29) is 5.56 Å². The van der Waals surface area contributed by atoms with Crippen LogP contribution in [0, 0.1) is 6.92 Å². The molecule has 0 aliphatic heterocycles. The Bertz CT molecular complexity index is 1220. The number of aromatic nitrogens is 4. The van der Waals surface area contributed by atoms with E-state index in [1.807, 2.05) is 48.0 Å². The highest BCUT2D eigenvalue weighted by Gasteiger charge is 2.17. The van der Waals surface area contributed by atoms with Gasteiger partial charge in [0.15, 0.2) is 0 Å². The van der Waals surface area contributed by atoms with Crippen LogP contribution in [0.5, 0.6) is 0 Å². The number of rotatable bonds is 7. The van der Waals surface area contributed by atoms with Crippen LogP contribution >= 0.6 is 11.6 Å². The third-order valence-electron chi connectivity index (χ3n) is 5.22. The van der Waals surface area contributed by atoms with Crippen LogP contribution in [-0.4, -0.2) is 31.2 Å². The maximum Gasteiger partial charge on any atom is 0.258 e. The third kappa shape index (κ3) is 4.30. The van der Waals surface area contributed by atoms with Gasteiger partial charge in [-0.3, -0.25) is 9.69 Å². The first-order valence-electron chi connectivity index (χ1n) is 10.0. The summed E-state index contributed by atoms with van der Waals surface area (Å²) in [6, 6.07) is 17.5. The Hall–Kier alpha value is -2.96. The van der Waals surface area contributed by atoms with Crippen molar-refractivity contribution in [3.05, 3.63) is 92.7 Å². The highest BCUT2D eigenvalue weighted by atomic mass is 35.5. The number of fused-ring (bicyclic) bond motifs is 1. The molecule has 30 heavy (non-hydrogen) atoms. The van der Waals surface area contributed by atoms with Crippen LogP contribution in [0.15, 0.2) is 59.4 Å². The lowest BCUT2D eigenvalue weighted by Crippen LogP contribution is -2.25. The monoisotopic (exact) mass is 421 g/mol. The average Bonchev–Trinajstić information content (AvgIpc) is 3.01. The van der Waals surface area contributed by atoms with Gasteiger partial charge in [0.05, 0.1) is 29.7 Å². The molecule has 0 atom stereocenters. The fourth-order valence-electron chi connectivity index (χ4n) is 3.56. The summed E-state index contributed by atoms with van der Waals surface area (Å²) < 4.78 is 1.84. The lowest BCUT2D eigenvalue weighted by atomic mass is 10.2. The molecule has 0 saturated heterocycles. The lowest BCUT2D eigenvalue weighted by molar-refractivity contribution is 0.264. The molecule has 0 fully saturated rings. The minimum atomic E-state index is -0.114. The fraction of sp³-hybridized carbons (Fsp3) is 0.261. The van der Waals surface area contributed by atoms with Crippen molar-refractivity contribution < 1.29 is 0 Å². The Morgan fingerprint density at radius 1 is 1.07 bits per heavy atom. The van der Waals surface area contributed by atoms with E-state index in [0.717, 1.165) is 23.4 Å². The second kappa shape index (κ2) is 8.81. The topological polar surface area (TPSA) is 66.8 Å². The summed E-state index contributed by atoms with van der Waals surface area (Å²) >= 11 is 6.69. The van der Waals surface area contributed by atoms with E-state index in [9.17, 15) is 4.79 Å². The quantitative estimate of drug-likeness (QED) is 0.486. The van der Waals surface area contributed by atoms with Crippen LogP contribution < -0.4 is 5.56 Å². The smallest absolute Gasteiger partial charge is 0.258 e. The third-order valence-corrected chi connectivity index (χ3v) is 5.65. The van der Waals surface area contributed by atoms with E-state index in [2.05, 4.69) is 39.0 Å². The number of para-hydroxylation sites is 1. The largest absolute Gasteiger partial charge is 0.309 e. The van der Waals surface area contributed by atoms with E-state index in [0.29, 0.717) is 41.5 Å². The van der Waals surface area contributed by atoms with Gasteiger partial charge >= 0.3 is 0 Å². The molecule has 0 aliphatic rings. The van der Waals surface area contributed by atoms with Crippen molar-refractivity contribution in [1.29, 1.82) is 0 Å². The Morgan fingerprint density at radius 2 is 1.80 bits per heavy atom. The SMILES string of the molecule is CCN(Cc1nc2ccccc2c(=O)[nH]1)Cc1c(C)nn(Cc2ccccc2)c1Cl. The number of benzene rings is 2. The predicted molar refractivity (Wildman–Crippen MR) is 120 cm³/mol. The molecule has 7 heteroatoms. The van der Waals surface area contributed by atoms with E-state index in [1.54, 1.807) is 6.07 Å². The number of H-pyrrole nitrogens is 1. The van der Waals surface area contributed by atoms with E-state index < -0.39 is 0 Å². The van der Waals surface area contributed by atoms with Gasteiger partial charge in [0.25, 0.3) is 5.56 Å². The van der Waals surface area contributed by atoms with Crippen molar-refractivity contribution in [2.45, 2.75) is 33.5 Å². The van der Waals surface area contributed by atoms with Crippen LogP contribution in [0.2, 0.25) is 5.15 Å². The van der Waals surface area contributed by atoms with Crippen molar-refractivity contribution >= 4 is 22.5 Å². The number of hydrogen-bond acceptors (Lipinski definition) is 4. The number of hydrogen-bond donors (Lipinski definition) is 1. The predicted octanol–water partition coefficient (Wildman–Crippen LogP) is 4.15. The van der Waals surface area contributed by atoms with Gasteiger partial charge in [0.2, 0.25) is 0 Å². The molecule has 6 nitrogen and oxygen atoms in total. The summed E-state index contributed by atoms with van der Waals surface area (Å²) in [6.45, 7) is 6.63. The summed E-state index contributed by atoms with van der Waals surface area (Å²) in [5, 5.41) is 5.89. The van der Waals surface area contributed by atoms with Crippen LogP contribution in [0.3, 0.4) is 0 Å². The van der Waals surface area contributed by atoms with Gasteiger partial charge in [0, 0.05) is 12.1 Å². The first-order valence-corrected chi connectivity index (χ1v) is 10.4. The Kier molecular flexibility index (Phi) is 5.97. The molecule has 2 aromatic heterocycles. The number of halogens is 1. The standard InChI is InChI=1S/C23H24ClN5O/c1-3-28(15-21-25-20-12-8-7-11-18(20)23(30)26-21)14-19-16(2)27-29(22(19)24)13-17-9-5-4-6-10-17/h4-12H,3,13-15H2,1-2H3,(H,25,26,30). The maximum atomic E-state index is 12.4. The molecule has 4 rings (SSSR count). The molecular weight excluding hydrogens is 398 g/mol. The van der Waals surface area contributed by atoms with Crippen LogP contribution in [0.4, 0.5) is 0 Å². The van der Waals surface area contributed by atoms with E-state index in [4.69, 9.17) is 11.6 Å². The van der Waals surface area contributed by atoms with Gasteiger partial charge in [-0.1, -0.05) is 61.0 Å². The molecule has 2 heterocycles. The average molecular weight is 422 g/mol. The molecule has 2 aromatic carbocycles. The van der Waals surface area contributed by atoms with Crippen LogP contribution in [0.1, 0.15) is 29.6 Å². The minimum absolute atomic E-state index is 0.114. The van der Waals surface area contributed by atoms with Crippen molar-refractivity contribution in [3.8, 4) is 0 Å². The highest BCUT2D eigenvalue weighted by Crippen LogP contribution is 2.23. The summed E-state index contributed by atoms with van der Waals surface area (Å²) in [6.07, 6.45) is 0. The van der Waals surface area contributed by atoms with Crippen molar-refractivity contribution in [2.24, 2.45) is 0 Å². The zero-order valence-corrected chi connectivity index (χ0v) is 17.9. The van der Waals surface area contributed by atoms with Gasteiger partial charge in [-0.15, -0.1) is 0 Å². The van der Waals surface area contributed by atoms with Gasteiger partial charge < -0.3 is 4.98 Å². The van der Waals surface area contributed by atoms with Crippen LogP contribution in [0.25, 0.3) is 10.9 Å². The van der Waals surface area contributed by atoms with Crippen molar-refractivity contribution in [1.82, 2.24) is 24.6 Å². The van der Waals surface area contributed by atoms with E-state index in [1.165, 1.54) is 0 Å². The summed E-state index contributed by atoms with van der Waals surface area (Å²) in [5.41, 5.74) is 3.65. The molecule has 0 aliphatic carbocycles. The molecule has 0 bridgehead atoms. The molecule has 4 aromatic rings. The van der Waals surface area contributed by atoms with Gasteiger partial charge in [-0.05, 0) is 31.2 Å². The maximum absolute atomic E-state index is 12.4. The molecule has 0 spiro atoms. The molecule has 154 valence electrons. The Balaban J connectivity index is 1.55. The Labute approximate surface area is 180 Å². The Morgan fingerprint density at radius 3 is 2.57 bits per heavy atom. The second-order valence-corrected chi connectivity index (χ2v) is 7.69. The number of nitrogens with one attached hydrogen (secondary N) is 1. The molecule has 0 unspecified atom stereocenters. The molecule has 1 N–H and O–H groups in total. The first kappa shape index (κ1) is 20.3. The van der Waals surface area contributed by atoms with E-state index >= 15 is 0 Å². The molecule has 0 radical (unpaired) electrons. The van der Waals surface area contributed by atoms with Gasteiger partial charge in [-0.2, -0.15) is 5.10 Å². The van der Waals surface area contributed by atoms with Gasteiger partial charge in [0.1, 0.15) is 11.0 Å². The first-order chi connectivity index (χ1) is 14.5.